The zero-order valence-electron chi connectivity index (χ0n) is 11.9. The molecule has 0 aliphatic carbocycles. The molecule has 0 bridgehead atoms. The summed E-state index contributed by atoms with van der Waals surface area (Å²) >= 11 is 3.38. The summed E-state index contributed by atoms with van der Waals surface area (Å²) in [5.41, 5.74) is 0.162. The van der Waals surface area contributed by atoms with Crippen LogP contribution in [-0.2, 0) is 4.79 Å². The summed E-state index contributed by atoms with van der Waals surface area (Å²) in [6, 6.07) is 7.85. The lowest BCUT2D eigenvalue weighted by Crippen LogP contribution is -2.53. The number of carbonyl (C=O) groups excluding carboxylic acids is 1. The maximum atomic E-state index is 12.0. The molecule has 1 atom stereocenters. The van der Waals surface area contributed by atoms with Crippen molar-refractivity contribution in [3.63, 3.8) is 0 Å². The van der Waals surface area contributed by atoms with Crippen molar-refractivity contribution in [3.05, 3.63) is 34.3 Å². The van der Waals surface area contributed by atoms with Crippen LogP contribution in [0, 0.1) is 0 Å². The standard InChI is InChI=1S/C15H22BrNO3/c1-3-15(9-18,10-19)17-14(20)8-11(2)12-4-6-13(16)7-5-12/h4-7,11,18-19H,3,8-10H2,1-2H3,(H,17,20). The molecule has 1 aromatic carbocycles. The number of nitrogens with one attached hydrogen (secondary N) is 1. The third-order valence-electron chi connectivity index (χ3n) is 3.62. The van der Waals surface area contributed by atoms with E-state index >= 15 is 0 Å². The highest BCUT2D eigenvalue weighted by molar-refractivity contribution is 9.10. The minimum Gasteiger partial charge on any atom is -0.394 e. The number of hydrogen-bond acceptors (Lipinski definition) is 3. The van der Waals surface area contributed by atoms with Gasteiger partial charge in [-0.3, -0.25) is 4.79 Å². The summed E-state index contributed by atoms with van der Waals surface area (Å²) in [7, 11) is 0. The molecule has 1 aromatic rings. The van der Waals surface area contributed by atoms with Crippen molar-refractivity contribution < 1.29 is 15.0 Å². The number of amides is 1. The first-order chi connectivity index (χ1) is 9.46. The first-order valence-electron chi connectivity index (χ1n) is 6.74. The largest absolute Gasteiger partial charge is 0.394 e. The van der Waals surface area contributed by atoms with Gasteiger partial charge in [-0.2, -0.15) is 0 Å². The van der Waals surface area contributed by atoms with Crippen LogP contribution in [0.4, 0.5) is 0 Å². The number of aliphatic hydroxyl groups is 2. The van der Waals surface area contributed by atoms with Crippen LogP contribution in [0.3, 0.4) is 0 Å². The van der Waals surface area contributed by atoms with Crippen LogP contribution >= 0.6 is 15.9 Å². The van der Waals surface area contributed by atoms with Crippen LogP contribution in [0.5, 0.6) is 0 Å². The predicted octanol–water partition coefficient (Wildman–Crippen LogP) is 2.19. The third kappa shape index (κ3) is 4.58. The smallest absolute Gasteiger partial charge is 0.221 e. The third-order valence-corrected chi connectivity index (χ3v) is 4.15. The van der Waals surface area contributed by atoms with Gasteiger partial charge in [0.25, 0.3) is 0 Å². The minimum absolute atomic E-state index is 0.0787. The van der Waals surface area contributed by atoms with E-state index in [0.29, 0.717) is 12.8 Å². The summed E-state index contributed by atoms with van der Waals surface area (Å²) in [5.74, 6) is -0.0830. The topological polar surface area (TPSA) is 69.6 Å². The number of carbonyl (C=O) groups is 1. The van der Waals surface area contributed by atoms with E-state index in [1.165, 1.54) is 0 Å². The molecule has 3 N–H and O–H groups in total. The number of hydrogen-bond donors (Lipinski definition) is 3. The number of aliphatic hydroxyl groups excluding tert-OH is 2. The van der Waals surface area contributed by atoms with Crippen molar-refractivity contribution in [2.45, 2.75) is 38.1 Å². The Balaban J connectivity index is 2.63. The minimum atomic E-state index is -0.920. The molecule has 1 rings (SSSR count). The molecule has 1 amide bonds. The molecule has 1 unspecified atom stereocenters. The van der Waals surface area contributed by atoms with Gasteiger partial charge in [-0.05, 0) is 30.0 Å². The average Bonchev–Trinajstić information content (AvgIpc) is 2.45. The molecule has 0 saturated heterocycles. The van der Waals surface area contributed by atoms with Gasteiger partial charge in [-0.15, -0.1) is 0 Å². The predicted molar refractivity (Wildman–Crippen MR) is 82.5 cm³/mol. The van der Waals surface area contributed by atoms with Crippen molar-refractivity contribution in [2.24, 2.45) is 0 Å². The van der Waals surface area contributed by atoms with Crippen LogP contribution in [0.15, 0.2) is 28.7 Å². The lowest BCUT2D eigenvalue weighted by Gasteiger charge is -2.30. The van der Waals surface area contributed by atoms with E-state index in [4.69, 9.17) is 0 Å². The highest BCUT2D eigenvalue weighted by Gasteiger charge is 2.28. The van der Waals surface area contributed by atoms with E-state index in [-0.39, 0.29) is 25.0 Å². The zero-order chi connectivity index (χ0) is 15.2. The fraction of sp³-hybridized carbons (Fsp3) is 0.533. The number of halogens is 1. The molecule has 0 radical (unpaired) electrons. The average molecular weight is 344 g/mol. The molecule has 0 aliphatic rings. The molecule has 4 nitrogen and oxygen atoms in total. The van der Waals surface area contributed by atoms with E-state index < -0.39 is 5.54 Å². The van der Waals surface area contributed by atoms with E-state index in [2.05, 4.69) is 21.2 Å². The van der Waals surface area contributed by atoms with Crippen molar-refractivity contribution in [2.75, 3.05) is 13.2 Å². The van der Waals surface area contributed by atoms with Crippen LogP contribution in [0.1, 0.15) is 38.2 Å². The monoisotopic (exact) mass is 343 g/mol. The zero-order valence-corrected chi connectivity index (χ0v) is 13.5. The molecule has 0 saturated carbocycles. The van der Waals surface area contributed by atoms with Crippen LogP contribution < -0.4 is 5.32 Å². The van der Waals surface area contributed by atoms with Crippen molar-refractivity contribution in [3.8, 4) is 0 Å². The molecule has 0 heterocycles. The SMILES string of the molecule is CCC(CO)(CO)NC(=O)CC(C)c1ccc(Br)cc1. The molecule has 5 heteroatoms. The van der Waals surface area contributed by atoms with Gasteiger partial charge in [-0.25, -0.2) is 0 Å². The van der Waals surface area contributed by atoms with Crippen LogP contribution in [0.2, 0.25) is 0 Å². The lowest BCUT2D eigenvalue weighted by molar-refractivity contribution is -0.124. The highest BCUT2D eigenvalue weighted by atomic mass is 79.9. The Morgan fingerprint density at radius 1 is 1.30 bits per heavy atom. The van der Waals surface area contributed by atoms with Crippen molar-refractivity contribution >= 4 is 21.8 Å². The fourth-order valence-electron chi connectivity index (χ4n) is 1.98. The van der Waals surface area contributed by atoms with E-state index in [1.54, 1.807) is 0 Å². The maximum absolute atomic E-state index is 12.0. The number of rotatable bonds is 7. The van der Waals surface area contributed by atoms with Gasteiger partial charge in [0.2, 0.25) is 5.91 Å². The van der Waals surface area contributed by atoms with Gasteiger partial charge in [0, 0.05) is 10.9 Å². The molecule has 0 aliphatic heterocycles. The van der Waals surface area contributed by atoms with Crippen LogP contribution in [-0.4, -0.2) is 34.9 Å². The molecule has 0 aromatic heterocycles. The second-order valence-corrected chi connectivity index (χ2v) is 6.07. The van der Waals surface area contributed by atoms with E-state index in [9.17, 15) is 15.0 Å². The first-order valence-corrected chi connectivity index (χ1v) is 7.54. The van der Waals surface area contributed by atoms with Gasteiger partial charge in [0.05, 0.1) is 18.8 Å². The molecule has 0 fully saturated rings. The Labute approximate surface area is 128 Å². The molecular weight excluding hydrogens is 322 g/mol. The van der Waals surface area contributed by atoms with E-state index in [1.807, 2.05) is 38.1 Å². The molecule has 20 heavy (non-hydrogen) atoms. The molecule has 112 valence electrons. The van der Waals surface area contributed by atoms with E-state index in [0.717, 1.165) is 10.0 Å². The van der Waals surface area contributed by atoms with Crippen LogP contribution in [0.25, 0.3) is 0 Å². The maximum Gasteiger partial charge on any atom is 0.221 e. The van der Waals surface area contributed by atoms with Gasteiger partial charge < -0.3 is 15.5 Å². The summed E-state index contributed by atoms with van der Waals surface area (Å²) in [4.78, 5) is 12.0. The Hall–Kier alpha value is -0.910. The first kappa shape index (κ1) is 17.1. The second-order valence-electron chi connectivity index (χ2n) is 5.16. The Kier molecular flexibility index (Phi) is 6.65. The van der Waals surface area contributed by atoms with Gasteiger partial charge in [-0.1, -0.05) is 41.9 Å². The summed E-state index contributed by atoms with van der Waals surface area (Å²) in [5, 5.41) is 21.4. The quantitative estimate of drug-likeness (QED) is 0.710. The summed E-state index contributed by atoms with van der Waals surface area (Å²) < 4.78 is 1.00. The fourth-order valence-corrected chi connectivity index (χ4v) is 2.24. The van der Waals surface area contributed by atoms with Crippen molar-refractivity contribution in [1.82, 2.24) is 5.32 Å². The number of benzene rings is 1. The Morgan fingerprint density at radius 2 is 1.85 bits per heavy atom. The van der Waals surface area contributed by atoms with Gasteiger partial charge in [0.15, 0.2) is 0 Å². The van der Waals surface area contributed by atoms with Crippen molar-refractivity contribution in [1.29, 1.82) is 0 Å². The lowest BCUT2D eigenvalue weighted by atomic mass is 9.95. The molecule has 0 spiro atoms. The second kappa shape index (κ2) is 7.76. The highest BCUT2D eigenvalue weighted by Crippen LogP contribution is 2.21. The summed E-state index contributed by atoms with van der Waals surface area (Å²) in [6.45, 7) is 3.27. The normalized spacial score (nSPS) is 13.1. The Bertz CT molecular complexity index is 421. The Morgan fingerprint density at radius 3 is 2.30 bits per heavy atom. The summed E-state index contributed by atoms with van der Waals surface area (Å²) in [6.07, 6.45) is 0.807. The van der Waals surface area contributed by atoms with Gasteiger partial charge >= 0.3 is 0 Å². The molecular formula is C15H22BrNO3. The van der Waals surface area contributed by atoms with Gasteiger partial charge in [0.1, 0.15) is 0 Å².